The molecule has 0 radical (unpaired) electrons. The number of hydrazine groups is 1. The van der Waals surface area contributed by atoms with Gasteiger partial charge in [0.25, 0.3) is 0 Å². The van der Waals surface area contributed by atoms with Gasteiger partial charge in [-0.1, -0.05) is 6.92 Å². The molecular weight excluding hydrogens is 184 g/mol. The van der Waals surface area contributed by atoms with Crippen molar-refractivity contribution in [2.45, 2.75) is 19.4 Å². The quantitative estimate of drug-likeness (QED) is 0.468. The monoisotopic (exact) mass is 202 g/mol. The van der Waals surface area contributed by atoms with Gasteiger partial charge >= 0.3 is 0 Å². The van der Waals surface area contributed by atoms with Crippen molar-refractivity contribution in [2.24, 2.45) is 17.4 Å². The average Bonchev–Trinajstić information content (AvgIpc) is 2.02. The Morgan fingerprint density at radius 3 is 2.29 bits per heavy atom. The molecular formula is C8H18N4O2. The van der Waals surface area contributed by atoms with E-state index in [0.717, 1.165) is 0 Å². The number of hydrogen-bond acceptors (Lipinski definition) is 4. The summed E-state index contributed by atoms with van der Waals surface area (Å²) in [6, 6.07) is -0.766. The van der Waals surface area contributed by atoms with Crippen LogP contribution < -0.4 is 16.9 Å². The Morgan fingerprint density at radius 2 is 1.93 bits per heavy atom. The first-order valence-electron chi connectivity index (χ1n) is 4.37. The minimum atomic E-state index is -0.766. The van der Waals surface area contributed by atoms with Crippen LogP contribution in [-0.4, -0.2) is 37.0 Å². The Bertz CT molecular complexity index is 217. The maximum absolute atomic E-state index is 11.4. The zero-order valence-corrected chi connectivity index (χ0v) is 8.78. The summed E-state index contributed by atoms with van der Waals surface area (Å²) in [6.45, 7) is 1.70. The van der Waals surface area contributed by atoms with Crippen molar-refractivity contribution in [1.29, 1.82) is 0 Å². The lowest BCUT2D eigenvalue weighted by Gasteiger charge is -2.18. The second-order valence-corrected chi connectivity index (χ2v) is 3.52. The Kier molecular flexibility index (Phi) is 5.11. The Balaban J connectivity index is 4.01. The molecule has 2 atom stereocenters. The Hall–Kier alpha value is -1.14. The number of carbonyl (C=O) groups excluding carboxylic acids is 2. The molecule has 0 bridgehead atoms. The van der Waals surface area contributed by atoms with E-state index >= 15 is 0 Å². The lowest BCUT2D eigenvalue weighted by Crippen LogP contribution is -2.43. The molecule has 0 aromatic rings. The van der Waals surface area contributed by atoms with Crippen LogP contribution in [0.25, 0.3) is 0 Å². The number of nitrogens with two attached hydrogens (primary N) is 2. The number of primary amides is 1. The molecule has 0 fully saturated rings. The van der Waals surface area contributed by atoms with Crippen molar-refractivity contribution < 1.29 is 9.59 Å². The summed E-state index contributed by atoms with van der Waals surface area (Å²) in [7, 11) is 3.41. The first-order valence-corrected chi connectivity index (χ1v) is 4.37. The average molecular weight is 202 g/mol. The summed E-state index contributed by atoms with van der Waals surface area (Å²) in [5.74, 6) is -1.10. The van der Waals surface area contributed by atoms with E-state index in [-0.39, 0.29) is 18.2 Å². The molecule has 1 unspecified atom stereocenters. The van der Waals surface area contributed by atoms with Crippen LogP contribution in [0.2, 0.25) is 0 Å². The largest absolute Gasteiger partial charge is 0.368 e. The fourth-order valence-corrected chi connectivity index (χ4v) is 0.935. The van der Waals surface area contributed by atoms with E-state index in [9.17, 15) is 9.59 Å². The molecule has 5 N–H and O–H groups in total. The Morgan fingerprint density at radius 1 is 1.43 bits per heavy atom. The highest BCUT2D eigenvalue weighted by Gasteiger charge is 2.19. The van der Waals surface area contributed by atoms with E-state index in [1.807, 2.05) is 0 Å². The predicted octanol–water partition coefficient (Wildman–Crippen LogP) is -1.58. The Labute approximate surface area is 83.6 Å². The molecule has 0 saturated carbocycles. The van der Waals surface area contributed by atoms with Gasteiger partial charge in [-0.05, 0) is 6.42 Å². The second kappa shape index (κ2) is 5.56. The molecule has 14 heavy (non-hydrogen) atoms. The van der Waals surface area contributed by atoms with Gasteiger partial charge in [0.2, 0.25) is 11.8 Å². The van der Waals surface area contributed by atoms with Gasteiger partial charge < -0.3 is 11.5 Å². The van der Waals surface area contributed by atoms with E-state index < -0.39 is 11.9 Å². The number of nitrogens with one attached hydrogen (secondary N) is 1. The minimum absolute atomic E-state index is 0.174. The SMILES string of the molecule is CC(C[C@H](N)C(N)=O)C(=O)NN(C)C. The molecule has 0 heterocycles. The highest BCUT2D eigenvalue weighted by Crippen LogP contribution is 2.04. The highest BCUT2D eigenvalue weighted by atomic mass is 16.2. The molecule has 0 saturated heterocycles. The maximum Gasteiger partial charge on any atom is 0.237 e. The fourth-order valence-electron chi connectivity index (χ4n) is 0.935. The molecule has 6 nitrogen and oxygen atoms in total. The van der Waals surface area contributed by atoms with Crippen LogP contribution in [0, 0.1) is 5.92 Å². The van der Waals surface area contributed by atoms with Crippen LogP contribution in [0.1, 0.15) is 13.3 Å². The second-order valence-electron chi connectivity index (χ2n) is 3.52. The van der Waals surface area contributed by atoms with Crippen molar-refractivity contribution >= 4 is 11.8 Å². The summed E-state index contributed by atoms with van der Waals surface area (Å²) in [6.07, 6.45) is 0.259. The maximum atomic E-state index is 11.4. The van der Waals surface area contributed by atoms with Gasteiger partial charge in [0, 0.05) is 20.0 Å². The van der Waals surface area contributed by atoms with Crippen molar-refractivity contribution in [1.82, 2.24) is 10.4 Å². The zero-order valence-electron chi connectivity index (χ0n) is 8.78. The summed E-state index contributed by atoms with van der Waals surface area (Å²) in [5, 5.41) is 1.54. The van der Waals surface area contributed by atoms with Crippen molar-refractivity contribution in [3.8, 4) is 0 Å². The van der Waals surface area contributed by atoms with E-state index in [4.69, 9.17) is 11.5 Å². The van der Waals surface area contributed by atoms with Crippen molar-refractivity contribution in [3.63, 3.8) is 0 Å². The summed E-state index contributed by atoms with van der Waals surface area (Å²) in [5.41, 5.74) is 13.0. The number of rotatable bonds is 5. The van der Waals surface area contributed by atoms with Crippen LogP contribution in [0.3, 0.4) is 0 Å². The minimum Gasteiger partial charge on any atom is -0.368 e. The van der Waals surface area contributed by atoms with Gasteiger partial charge in [-0.2, -0.15) is 0 Å². The smallest absolute Gasteiger partial charge is 0.237 e. The molecule has 82 valence electrons. The molecule has 0 aromatic carbocycles. The van der Waals surface area contributed by atoms with Crippen LogP contribution in [-0.2, 0) is 9.59 Å². The molecule has 0 aliphatic rings. The summed E-state index contributed by atoms with van der Waals surface area (Å²) >= 11 is 0. The van der Waals surface area contributed by atoms with Crippen molar-refractivity contribution in [2.75, 3.05) is 14.1 Å². The molecule has 0 spiro atoms. The third kappa shape index (κ3) is 4.78. The molecule has 0 rings (SSSR count). The molecule has 0 aliphatic carbocycles. The molecule has 2 amide bonds. The molecule has 0 aliphatic heterocycles. The van der Waals surface area contributed by atoms with E-state index in [1.54, 1.807) is 21.0 Å². The topological polar surface area (TPSA) is 101 Å². The van der Waals surface area contributed by atoms with Crippen molar-refractivity contribution in [3.05, 3.63) is 0 Å². The first-order chi connectivity index (χ1) is 6.34. The molecule has 6 heteroatoms. The van der Waals surface area contributed by atoms with Gasteiger partial charge in [0.15, 0.2) is 0 Å². The fraction of sp³-hybridized carbons (Fsp3) is 0.750. The lowest BCUT2D eigenvalue weighted by molar-refractivity contribution is -0.129. The first kappa shape index (κ1) is 12.9. The van der Waals surface area contributed by atoms with Gasteiger partial charge in [0.05, 0.1) is 6.04 Å². The van der Waals surface area contributed by atoms with Gasteiger partial charge in [-0.15, -0.1) is 0 Å². The normalized spacial score (nSPS) is 14.9. The van der Waals surface area contributed by atoms with Crippen LogP contribution in [0.4, 0.5) is 0 Å². The summed E-state index contributed by atoms with van der Waals surface area (Å²) in [4.78, 5) is 22.0. The van der Waals surface area contributed by atoms with Crippen LogP contribution in [0.15, 0.2) is 0 Å². The van der Waals surface area contributed by atoms with Crippen LogP contribution in [0.5, 0.6) is 0 Å². The molecule has 0 aromatic heterocycles. The predicted molar refractivity (Wildman–Crippen MR) is 52.8 cm³/mol. The van der Waals surface area contributed by atoms with Gasteiger partial charge in [-0.3, -0.25) is 15.0 Å². The van der Waals surface area contributed by atoms with E-state index in [1.165, 1.54) is 5.01 Å². The number of nitrogens with zero attached hydrogens (tertiary/aromatic N) is 1. The van der Waals surface area contributed by atoms with E-state index in [0.29, 0.717) is 0 Å². The number of hydrogen-bond donors (Lipinski definition) is 3. The number of carbonyl (C=O) groups is 2. The number of amides is 2. The van der Waals surface area contributed by atoms with Crippen LogP contribution >= 0.6 is 0 Å². The van der Waals surface area contributed by atoms with E-state index in [2.05, 4.69) is 5.43 Å². The summed E-state index contributed by atoms with van der Waals surface area (Å²) < 4.78 is 0. The highest BCUT2D eigenvalue weighted by molar-refractivity contribution is 5.82. The lowest BCUT2D eigenvalue weighted by atomic mass is 10.0. The third-order valence-electron chi connectivity index (χ3n) is 1.75. The van der Waals surface area contributed by atoms with Gasteiger partial charge in [0.1, 0.15) is 0 Å². The standard InChI is InChI=1S/C8H18N4O2/c1-5(4-6(9)7(10)13)8(14)11-12(2)3/h5-6H,4,9H2,1-3H3,(H2,10,13)(H,11,14)/t5?,6-/m0/s1. The zero-order chi connectivity index (χ0) is 11.3. The van der Waals surface area contributed by atoms with Gasteiger partial charge in [-0.25, -0.2) is 5.01 Å². The third-order valence-corrected chi connectivity index (χ3v) is 1.75.